The molecule has 1 aliphatic carbocycles. The van der Waals surface area contributed by atoms with Crippen LogP contribution < -0.4 is 5.32 Å². The molecule has 1 atom stereocenters. The van der Waals surface area contributed by atoms with Gasteiger partial charge in [0.05, 0.1) is 0 Å². The highest BCUT2D eigenvalue weighted by Gasteiger charge is 2.37. The number of carboxylic acid groups (broad SMARTS) is 1. The minimum Gasteiger partial charge on any atom is -0.480 e. The van der Waals surface area contributed by atoms with Crippen LogP contribution in [0.1, 0.15) is 39.0 Å². The third-order valence-electron chi connectivity index (χ3n) is 3.68. The average Bonchev–Trinajstić information content (AvgIpc) is 3.13. The predicted molar refractivity (Wildman–Crippen MR) is 75.4 cm³/mol. The van der Waals surface area contributed by atoms with Gasteiger partial charge in [0, 0.05) is 26.3 Å². The van der Waals surface area contributed by atoms with E-state index >= 15 is 0 Å². The summed E-state index contributed by atoms with van der Waals surface area (Å²) >= 11 is 0. The fourth-order valence-corrected chi connectivity index (χ4v) is 2.21. The molecule has 5 heteroatoms. The van der Waals surface area contributed by atoms with Crippen molar-refractivity contribution in [3.63, 3.8) is 0 Å². The number of methoxy groups -OCH3 is 1. The lowest BCUT2D eigenvalue weighted by atomic mass is 9.95. The summed E-state index contributed by atoms with van der Waals surface area (Å²) in [5.74, 6) is -0.735. The van der Waals surface area contributed by atoms with Crippen molar-refractivity contribution in [2.24, 2.45) is 0 Å². The second kappa shape index (κ2) is 7.82. The number of ether oxygens (including phenoxy) is 1. The minimum atomic E-state index is -0.769. The molecule has 19 heavy (non-hydrogen) atoms. The van der Waals surface area contributed by atoms with Gasteiger partial charge in [-0.05, 0) is 52.6 Å². The Balaban J connectivity index is 2.22. The summed E-state index contributed by atoms with van der Waals surface area (Å²) in [4.78, 5) is 13.6. The molecule has 2 N–H and O–H groups in total. The number of aliphatic carboxylic acids is 1. The smallest absolute Gasteiger partial charge is 0.323 e. The molecule has 1 fully saturated rings. The number of nitrogens with zero attached hydrogens (tertiary/aromatic N) is 1. The van der Waals surface area contributed by atoms with Gasteiger partial charge in [0.1, 0.15) is 5.54 Å². The number of rotatable bonds is 11. The summed E-state index contributed by atoms with van der Waals surface area (Å²) in [5.41, 5.74) is -0.769. The number of nitrogens with one attached hydrogen (secondary N) is 1. The zero-order valence-electron chi connectivity index (χ0n) is 12.4. The van der Waals surface area contributed by atoms with E-state index in [4.69, 9.17) is 4.74 Å². The Morgan fingerprint density at radius 1 is 1.42 bits per heavy atom. The first-order valence-electron chi connectivity index (χ1n) is 7.16. The highest BCUT2D eigenvalue weighted by atomic mass is 16.5. The molecule has 0 amide bonds. The standard InChI is InChI=1S/C14H28N2O3/c1-14(13(17)18,15-12-6-7-12)8-4-9-16(2)10-5-11-19-3/h12,15H,4-11H2,1-3H3,(H,17,18). The lowest BCUT2D eigenvalue weighted by Gasteiger charge is -2.27. The molecule has 0 aliphatic heterocycles. The summed E-state index contributed by atoms with van der Waals surface area (Å²) in [6.07, 6.45) is 4.81. The highest BCUT2D eigenvalue weighted by molar-refractivity contribution is 5.78. The molecule has 5 nitrogen and oxygen atoms in total. The fraction of sp³-hybridized carbons (Fsp3) is 0.929. The summed E-state index contributed by atoms with van der Waals surface area (Å²) in [6, 6.07) is 0.417. The number of hydrogen-bond acceptors (Lipinski definition) is 4. The van der Waals surface area contributed by atoms with Crippen molar-refractivity contribution < 1.29 is 14.6 Å². The Morgan fingerprint density at radius 2 is 2.05 bits per heavy atom. The van der Waals surface area contributed by atoms with E-state index in [1.807, 2.05) is 0 Å². The lowest BCUT2D eigenvalue weighted by molar-refractivity contribution is -0.144. The molecule has 1 unspecified atom stereocenters. The largest absolute Gasteiger partial charge is 0.480 e. The van der Waals surface area contributed by atoms with Gasteiger partial charge < -0.3 is 14.7 Å². The molecule has 0 aromatic heterocycles. The van der Waals surface area contributed by atoms with Gasteiger partial charge in [-0.15, -0.1) is 0 Å². The molecule has 1 saturated carbocycles. The third-order valence-corrected chi connectivity index (χ3v) is 3.68. The van der Waals surface area contributed by atoms with E-state index in [1.54, 1.807) is 14.0 Å². The predicted octanol–water partition coefficient (Wildman–Crippen LogP) is 1.33. The van der Waals surface area contributed by atoms with Crippen molar-refractivity contribution >= 4 is 5.97 Å². The topological polar surface area (TPSA) is 61.8 Å². The van der Waals surface area contributed by atoms with Crippen LogP contribution in [-0.2, 0) is 9.53 Å². The highest BCUT2D eigenvalue weighted by Crippen LogP contribution is 2.25. The van der Waals surface area contributed by atoms with E-state index in [-0.39, 0.29) is 0 Å². The van der Waals surface area contributed by atoms with Crippen LogP contribution in [0.5, 0.6) is 0 Å². The summed E-state index contributed by atoms with van der Waals surface area (Å²) in [6.45, 7) is 4.51. The quantitative estimate of drug-likeness (QED) is 0.556. The van der Waals surface area contributed by atoms with Gasteiger partial charge >= 0.3 is 5.97 Å². The van der Waals surface area contributed by atoms with Gasteiger partial charge in [-0.3, -0.25) is 10.1 Å². The molecule has 1 aliphatic rings. The Kier molecular flexibility index (Phi) is 6.75. The van der Waals surface area contributed by atoms with Crippen molar-refractivity contribution in [2.75, 3.05) is 33.9 Å². The van der Waals surface area contributed by atoms with E-state index in [0.717, 1.165) is 45.4 Å². The van der Waals surface area contributed by atoms with Crippen LogP contribution >= 0.6 is 0 Å². The van der Waals surface area contributed by atoms with E-state index in [1.165, 1.54) is 0 Å². The maximum Gasteiger partial charge on any atom is 0.323 e. The minimum absolute atomic E-state index is 0.417. The van der Waals surface area contributed by atoms with Crippen molar-refractivity contribution in [1.29, 1.82) is 0 Å². The van der Waals surface area contributed by atoms with Crippen molar-refractivity contribution in [1.82, 2.24) is 10.2 Å². The normalized spacial score (nSPS) is 18.5. The molecule has 0 spiro atoms. The van der Waals surface area contributed by atoms with Gasteiger partial charge in [-0.25, -0.2) is 0 Å². The van der Waals surface area contributed by atoms with Crippen LogP contribution in [0.4, 0.5) is 0 Å². The molecule has 0 aromatic carbocycles. The van der Waals surface area contributed by atoms with Gasteiger partial charge in [-0.1, -0.05) is 0 Å². The molecule has 0 heterocycles. The Morgan fingerprint density at radius 3 is 2.58 bits per heavy atom. The molecule has 0 radical (unpaired) electrons. The van der Waals surface area contributed by atoms with Crippen LogP contribution in [0.3, 0.4) is 0 Å². The maximum absolute atomic E-state index is 11.4. The first-order chi connectivity index (χ1) is 8.98. The summed E-state index contributed by atoms with van der Waals surface area (Å²) in [5, 5.41) is 12.6. The monoisotopic (exact) mass is 272 g/mol. The molecule has 0 saturated heterocycles. The van der Waals surface area contributed by atoms with Gasteiger partial charge in [-0.2, -0.15) is 0 Å². The molecule has 0 bridgehead atoms. The van der Waals surface area contributed by atoms with Crippen LogP contribution in [0, 0.1) is 0 Å². The fourth-order valence-electron chi connectivity index (χ4n) is 2.21. The van der Waals surface area contributed by atoms with Crippen molar-refractivity contribution in [3.8, 4) is 0 Å². The SMILES string of the molecule is COCCCN(C)CCCC(C)(NC1CC1)C(=O)O. The Bertz CT molecular complexity index is 282. The van der Waals surface area contributed by atoms with Crippen molar-refractivity contribution in [2.45, 2.75) is 50.6 Å². The number of carboxylic acids is 1. The Labute approximate surface area is 116 Å². The average molecular weight is 272 g/mol. The maximum atomic E-state index is 11.4. The zero-order chi connectivity index (χ0) is 14.3. The zero-order valence-corrected chi connectivity index (χ0v) is 12.4. The van der Waals surface area contributed by atoms with E-state index in [0.29, 0.717) is 12.5 Å². The summed E-state index contributed by atoms with van der Waals surface area (Å²) < 4.78 is 5.02. The van der Waals surface area contributed by atoms with Gasteiger partial charge in [0.2, 0.25) is 0 Å². The van der Waals surface area contributed by atoms with E-state index in [9.17, 15) is 9.90 Å². The van der Waals surface area contributed by atoms with Crippen LogP contribution in [-0.4, -0.2) is 61.4 Å². The molecular weight excluding hydrogens is 244 g/mol. The van der Waals surface area contributed by atoms with Crippen molar-refractivity contribution in [3.05, 3.63) is 0 Å². The molecule has 1 rings (SSSR count). The molecule has 0 aromatic rings. The van der Waals surface area contributed by atoms with Gasteiger partial charge in [0.15, 0.2) is 0 Å². The van der Waals surface area contributed by atoms with Crippen LogP contribution in [0.15, 0.2) is 0 Å². The van der Waals surface area contributed by atoms with E-state index in [2.05, 4.69) is 17.3 Å². The number of hydrogen-bond donors (Lipinski definition) is 2. The first-order valence-corrected chi connectivity index (χ1v) is 7.16. The molecular formula is C14H28N2O3. The second-order valence-corrected chi connectivity index (χ2v) is 5.81. The lowest BCUT2D eigenvalue weighted by Crippen LogP contribution is -2.50. The summed E-state index contributed by atoms with van der Waals surface area (Å²) in [7, 11) is 3.78. The number of carbonyl (C=O) groups is 1. The third kappa shape index (κ3) is 6.36. The first kappa shape index (κ1) is 16.4. The van der Waals surface area contributed by atoms with Crippen LogP contribution in [0.2, 0.25) is 0 Å². The second-order valence-electron chi connectivity index (χ2n) is 5.81. The van der Waals surface area contributed by atoms with Gasteiger partial charge in [0.25, 0.3) is 0 Å². The van der Waals surface area contributed by atoms with E-state index < -0.39 is 11.5 Å². The van der Waals surface area contributed by atoms with Crippen LogP contribution in [0.25, 0.3) is 0 Å². The Hall–Kier alpha value is -0.650. The molecule has 112 valence electrons.